The van der Waals surface area contributed by atoms with Gasteiger partial charge in [-0.05, 0) is 55.6 Å². The fraction of sp³-hybridized carbons (Fsp3) is 0.650. The molecular formula is C20H30N2O2. The first-order valence-corrected chi connectivity index (χ1v) is 9.20. The van der Waals surface area contributed by atoms with E-state index in [2.05, 4.69) is 49.3 Å². The van der Waals surface area contributed by atoms with Gasteiger partial charge in [0.15, 0.2) is 0 Å². The first kappa shape index (κ1) is 17.4. The van der Waals surface area contributed by atoms with Crippen LogP contribution in [0.5, 0.6) is 0 Å². The molecule has 0 bridgehead atoms. The van der Waals surface area contributed by atoms with Gasteiger partial charge in [-0.1, -0.05) is 20.8 Å². The average Bonchev–Trinajstić information content (AvgIpc) is 3.03. The highest BCUT2D eigenvalue weighted by Gasteiger charge is 2.41. The van der Waals surface area contributed by atoms with Crippen LogP contribution >= 0.6 is 0 Å². The van der Waals surface area contributed by atoms with E-state index in [0.717, 1.165) is 31.2 Å². The molecule has 0 aliphatic heterocycles. The molecule has 0 spiro atoms. The minimum absolute atomic E-state index is 0.0350. The molecule has 1 fully saturated rings. The number of rotatable bonds is 5. The topological polar surface area (TPSA) is 46.8 Å². The van der Waals surface area contributed by atoms with Crippen LogP contribution in [-0.4, -0.2) is 27.2 Å². The molecule has 4 nitrogen and oxygen atoms in total. The zero-order valence-electron chi connectivity index (χ0n) is 15.3. The van der Waals surface area contributed by atoms with Crippen molar-refractivity contribution in [3.05, 3.63) is 35.9 Å². The van der Waals surface area contributed by atoms with Crippen LogP contribution in [-0.2, 0) is 4.74 Å². The van der Waals surface area contributed by atoms with Crippen LogP contribution in [0, 0.1) is 5.41 Å². The number of ether oxygens (including phenoxy) is 1. The number of aliphatic hydroxyl groups is 1. The summed E-state index contributed by atoms with van der Waals surface area (Å²) in [6.07, 6.45) is 9.49. The highest BCUT2D eigenvalue weighted by atomic mass is 16.5. The van der Waals surface area contributed by atoms with E-state index in [9.17, 15) is 5.11 Å². The Morgan fingerprint density at radius 3 is 2.71 bits per heavy atom. The van der Waals surface area contributed by atoms with Crippen molar-refractivity contribution in [1.29, 1.82) is 0 Å². The number of hydrogen-bond acceptors (Lipinski definition) is 3. The lowest BCUT2D eigenvalue weighted by atomic mass is 9.68. The van der Waals surface area contributed by atoms with Crippen molar-refractivity contribution in [3.8, 4) is 0 Å². The highest BCUT2D eigenvalue weighted by Crippen LogP contribution is 2.50. The molecule has 0 unspecified atom stereocenters. The lowest BCUT2D eigenvalue weighted by Crippen LogP contribution is -2.35. The maximum absolute atomic E-state index is 9.95. The summed E-state index contributed by atoms with van der Waals surface area (Å²) in [6.45, 7) is 9.56. The molecule has 1 aliphatic carbocycles. The normalized spacial score (nSPS) is 26.2. The van der Waals surface area contributed by atoms with Gasteiger partial charge in [-0.2, -0.15) is 0 Å². The van der Waals surface area contributed by atoms with Gasteiger partial charge >= 0.3 is 0 Å². The molecule has 2 aromatic rings. The fourth-order valence-electron chi connectivity index (χ4n) is 4.14. The van der Waals surface area contributed by atoms with Crippen molar-refractivity contribution >= 4 is 5.52 Å². The smallest absolute Gasteiger partial charge is 0.0992 e. The monoisotopic (exact) mass is 330 g/mol. The Bertz CT molecular complexity index is 684. The molecule has 2 aromatic heterocycles. The summed E-state index contributed by atoms with van der Waals surface area (Å²) in [5, 5.41) is 9.95. The second-order valence-electron chi connectivity index (χ2n) is 7.75. The SMILES string of the molecule is CCO[C@H](c1c(C(C)C)ccn2cncc12)[C@]1(C)CC[C@@H](O)CC1. The molecule has 0 radical (unpaired) electrons. The fourth-order valence-corrected chi connectivity index (χ4v) is 4.14. The predicted octanol–water partition coefficient (Wildman–Crippen LogP) is 4.48. The number of aromatic nitrogens is 2. The zero-order chi connectivity index (χ0) is 17.3. The quantitative estimate of drug-likeness (QED) is 0.879. The van der Waals surface area contributed by atoms with E-state index in [4.69, 9.17) is 4.74 Å². The van der Waals surface area contributed by atoms with Gasteiger partial charge in [0, 0.05) is 18.4 Å². The van der Waals surface area contributed by atoms with Crippen molar-refractivity contribution in [2.75, 3.05) is 6.61 Å². The highest BCUT2D eigenvalue weighted by molar-refractivity contribution is 5.59. The number of nitrogens with zero attached hydrogens (tertiary/aromatic N) is 2. The van der Waals surface area contributed by atoms with Gasteiger partial charge in [0.25, 0.3) is 0 Å². The molecule has 2 heterocycles. The molecule has 1 N–H and O–H groups in total. The Hall–Kier alpha value is -1.39. The third kappa shape index (κ3) is 3.09. The van der Waals surface area contributed by atoms with Crippen LogP contribution in [0.2, 0.25) is 0 Å². The summed E-state index contributed by atoms with van der Waals surface area (Å²) in [5.74, 6) is 0.431. The first-order chi connectivity index (χ1) is 11.5. The van der Waals surface area contributed by atoms with Gasteiger partial charge in [0.1, 0.15) is 0 Å². The molecule has 1 saturated carbocycles. The van der Waals surface area contributed by atoms with E-state index < -0.39 is 0 Å². The lowest BCUT2D eigenvalue weighted by Gasteiger charge is -2.43. The number of imidazole rings is 1. The van der Waals surface area contributed by atoms with Crippen molar-refractivity contribution in [2.45, 2.75) is 71.5 Å². The Kier molecular flexibility index (Phi) is 4.97. The second-order valence-corrected chi connectivity index (χ2v) is 7.75. The zero-order valence-corrected chi connectivity index (χ0v) is 15.3. The number of pyridine rings is 1. The van der Waals surface area contributed by atoms with Crippen molar-refractivity contribution in [2.24, 2.45) is 5.41 Å². The Morgan fingerprint density at radius 1 is 1.38 bits per heavy atom. The summed E-state index contributed by atoms with van der Waals surface area (Å²) in [7, 11) is 0. The maximum Gasteiger partial charge on any atom is 0.0992 e. The van der Waals surface area contributed by atoms with E-state index in [1.54, 1.807) is 0 Å². The van der Waals surface area contributed by atoms with E-state index in [-0.39, 0.29) is 17.6 Å². The van der Waals surface area contributed by atoms with Crippen molar-refractivity contribution in [3.63, 3.8) is 0 Å². The number of hydrogen-bond donors (Lipinski definition) is 1. The van der Waals surface area contributed by atoms with Crippen molar-refractivity contribution < 1.29 is 9.84 Å². The molecule has 4 heteroatoms. The van der Waals surface area contributed by atoms with Crippen LogP contribution in [0.4, 0.5) is 0 Å². The van der Waals surface area contributed by atoms with Crippen LogP contribution in [0.15, 0.2) is 24.8 Å². The summed E-state index contributed by atoms with van der Waals surface area (Å²) < 4.78 is 8.44. The standard InChI is InChI=1S/C20H30N2O2/c1-5-24-19(20(4)9-6-15(23)7-10-20)18-16(14(2)3)8-11-22-13-21-12-17(18)22/h8,11-15,19,23H,5-7,9-10H2,1-4H3/t15-,19-,20-/m1/s1. The van der Waals surface area contributed by atoms with Gasteiger partial charge in [-0.3, -0.25) is 0 Å². The maximum atomic E-state index is 9.95. The molecule has 1 aliphatic rings. The Labute approximate surface area is 144 Å². The third-order valence-corrected chi connectivity index (χ3v) is 5.62. The van der Waals surface area contributed by atoms with E-state index in [1.165, 1.54) is 11.1 Å². The summed E-state index contributed by atoms with van der Waals surface area (Å²) in [6, 6.07) is 2.21. The van der Waals surface area contributed by atoms with Gasteiger partial charge in [0.2, 0.25) is 0 Å². The Morgan fingerprint density at radius 2 is 2.08 bits per heavy atom. The summed E-state index contributed by atoms with van der Waals surface area (Å²) in [5.41, 5.74) is 3.82. The summed E-state index contributed by atoms with van der Waals surface area (Å²) in [4.78, 5) is 4.35. The van der Waals surface area contributed by atoms with Crippen LogP contribution in [0.3, 0.4) is 0 Å². The lowest BCUT2D eigenvalue weighted by molar-refractivity contribution is -0.0644. The predicted molar refractivity (Wildman–Crippen MR) is 96.2 cm³/mol. The molecule has 132 valence electrons. The Balaban J connectivity index is 2.13. The molecule has 24 heavy (non-hydrogen) atoms. The largest absolute Gasteiger partial charge is 0.393 e. The summed E-state index contributed by atoms with van der Waals surface area (Å²) >= 11 is 0. The van der Waals surface area contributed by atoms with Crippen LogP contribution < -0.4 is 0 Å². The number of fused-ring (bicyclic) bond motifs is 1. The molecule has 0 saturated heterocycles. The van der Waals surface area contributed by atoms with E-state index in [1.807, 2.05) is 12.5 Å². The molecule has 1 atom stereocenters. The number of aliphatic hydroxyl groups excluding tert-OH is 1. The van der Waals surface area contributed by atoms with Crippen molar-refractivity contribution in [1.82, 2.24) is 9.38 Å². The minimum Gasteiger partial charge on any atom is -0.393 e. The van der Waals surface area contributed by atoms with Gasteiger partial charge in [0.05, 0.1) is 30.2 Å². The van der Waals surface area contributed by atoms with Gasteiger partial charge in [-0.25, -0.2) is 4.98 Å². The van der Waals surface area contributed by atoms with Gasteiger partial charge in [-0.15, -0.1) is 0 Å². The average molecular weight is 330 g/mol. The van der Waals surface area contributed by atoms with Crippen LogP contribution in [0.25, 0.3) is 5.52 Å². The molecule has 0 amide bonds. The third-order valence-electron chi connectivity index (χ3n) is 5.62. The molecule has 3 rings (SSSR count). The molecule has 0 aromatic carbocycles. The van der Waals surface area contributed by atoms with Gasteiger partial charge < -0.3 is 14.2 Å². The van der Waals surface area contributed by atoms with E-state index >= 15 is 0 Å². The minimum atomic E-state index is -0.157. The van der Waals surface area contributed by atoms with Crippen LogP contribution in [0.1, 0.15) is 76.5 Å². The van der Waals surface area contributed by atoms with E-state index in [0.29, 0.717) is 12.5 Å². The second kappa shape index (κ2) is 6.85. The molecular weight excluding hydrogens is 300 g/mol. The first-order valence-electron chi connectivity index (χ1n) is 9.20.